The number of para-hydroxylation sites is 2. The highest BCUT2D eigenvalue weighted by molar-refractivity contribution is 5.77. The third-order valence-electron chi connectivity index (χ3n) is 3.76. The summed E-state index contributed by atoms with van der Waals surface area (Å²) in [6.45, 7) is 1.96. The third-order valence-corrected chi connectivity index (χ3v) is 3.76. The van der Waals surface area contributed by atoms with Crippen LogP contribution in [-0.4, -0.2) is 15.9 Å². The quantitative estimate of drug-likeness (QED) is 0.838. The lowest BCUT2D eigenvalue weighted by atomic mass is 10.0. The van der Waals surface area contributed by atoms with Crippen LogP contribution in [-0.2, 0) is 4.79 Å². The molecule has 1 aliphatic rings. The lowest BCUT2D eigenvalue weighted by molar-refractivity contribution is -0.122. The Morgan fingerprint density at radius 2 is 2.35 bits per heavy atom. The highest BCUT2D eigenvalue weighted by Crippen LogP contribution is 2.21. The molecule has 3 rings (SSSR count). The fraction of sp³-hybridized carbons (Fsp3) is 0.375. The van der Waals surface area contributed by atoms with Crippen molar-refractivity contribution in [1.82, 2.24) is 15.3 Å². The summed E-state index contributed by atoms with van der Waals surface area (Å²) in [7, 11) is 0. The van der Waals surface area contributed by atoms with Gasteiger partial charge in [-0.2, -0.15) is 0 Å². The van der Waals surface area contributed by atoms with Gasteiger partial charge in [-0.1, -0.05) is 24.3 Å². The van der Waals surface area contributed by atoms with Gasteiger partial charge in [-0.05, 0) is 37.8 Å². The zero-order valence-corrected chi connectivity index (χ0v) is 11.6. The van der Waals surface area contributed by atoms with E-state index in [-0.39, 0.29) is 11.9 Å². The van der Waals surface area contributed by atoms with Crippen LogP contribution in [0.25, 0.3) is 11.0 Å². The summed E-state index contributed by atoms with van der Waals surface area (Å²) in [5.74, 6) is 1.30. The fourth-order valence-corrected chi connectivity index (χ4v) is 2.65. The Morgan fingerprint density at radius 1 is 1.50 bits per heavy atom. The van der Waals surface area contributed by atoms with Crippen LogP contribution in [0.4, 0.5) is 0 Å². The molecule has 1 unspecified atom stereocenters. The standard InChI is InChI=1S/C16H19N3O/c1-11(17-15(20)10-12-6-2-3-7-12)16-18-13-8-4-5-9-14(13)19-16/h2,4-6,8-9,11-12H,3,7,10H2,1H3,(H,17,20)(H,18,19)/t11-,12?/m0/s1. The number of aromatic amines is 1. The van der Waals surface area contributed by atoms with Crippen LogP contribution in [0.15, 0.2) is 36.4 Å². The van der Waals surface area contributed by atoms with Crippen LogP contribution < -0.4 is 5.32 Å². The van der Waals surface area contributed by atoms with E-state index < -0.39 is 0 Å². The van der Waals surface area contributed by atoms with E-state index in [4.69, 9.17) is 0 Å². The molecule has 4 nitrogen and oxygen atoms in total. The highest BCUT2D eigenvalue weighted by atomic mass is 16.1. The smallest absolute Gasteiger partial charge is 0.221 e. The summed E-state index contributed by atoms with van der Waals surface area (Å²) in [6.07, 6.45) is 7.05. The van der Waals surface area contributed by atoms with Crippen LogP contribution in [0, 0.1) is 5.92 Å². The third kappa shape index (κ3) is 2.74. The molecule has 1 heterocycles. The summed E-state index contributed by atoms with van der Waals surface area (Å²) in [6, 6.07) is 7.79. The predicted octanol–water partition coefficient (Wildman–Crippen LogP) is 3.10. The van der Waals surface area contributed by atoms with Crippen molar-refractivity contribution < 1.29 is 4.79 Å². The van der Waals surface area contributed by atoms with Gasteiger partial charge in [-0.3, -0.25) is 4.79 Å². The van der Waals surface area contributed by atoms with Crippen LogP contribution in [0.3, 0.4) is 0 Å². The molecule has 2 N–H and O–H groups in total. The second-order valence-electron chi connectivity index (χ2n) is 5.40. The zero-order valence-electron chi connectivity index (χ0n) is 11.6. The summed E-state index contributed by atoms with van der Waals surface area (Å²) >= 11 is 0. The first-order chi connectivity index (χ1) is 9.72. The first-order valence-electron chi connectivity index (χ1n) is 7.13. The molecule has 0 spiro atoms. The number of fused-ring (bicyclic) bond motifs is 1. The normalized spacial score (nSPS) is 19.4. The molecule has 2 aromatic rings. The molecular weight excluding hydrogens is 250 g/mol. The van der Waals surface area contributed by atoms with Crippen molar-refractivity contribution in [3.05, 3.63) is 42.2 Å². The Balaban J connectivity index is 1.64. The fourth-order valence-electron chi connectivity index (χ4n) is 2.65. The van der Waals surface area contributed by atoms with Crippen molar-refractivity contribution in [3.63, 3.8) is 0 Å². The SMILES string of the molecule is C[C@H](NC(=O)CC1C=CCC1)c1nc2ccccc2[nH]1. The van der Waals surface area contributed by atoms with E-state index in [9.17, 15) is 4.79 Å². The lowest BCUT2D eigenvalue weighted by Crippen LogP contribution is -2.28. The largest absolute Gasteiger partial charge is 0.346 e. The molecule has 1 aromatic carbocycles. The number of benzene rings is 1. The Bertz CT molecular complexity index is 611. The van der Waals surface area contributed by atoms with E-state index in [2.05, 4.69) is 27.4 Å². The second-order valence-corrected chi connectivity index (χ2v) is 5.40. The topological polar surface area (TPSA) is 57.8 Å². The molecule has 4 heteroatoms. The average Bonchev–Trinajstić information content (AvgIpc) is 3.06. The van der Waals surface area contributed by atoms with Gasteiger partial charge in [0.2, 0.25) is 5.91 Å². The highest BCUT2D eigenvalue weighted by Gasteiger charge is 2.17. The summed E-state index contributed by atoms with van der Waals surface area (Å²) in [5, 5.41) is 3.02. The molecule has 0 bridgehead atoms. The number of nitrogens with one attached hydrogen (secondary N) is 2. The second kappa shape index (κ2) is 5.49. The molecular formula is C16H19N3O. The van der Waals surface area contributed by atoms with Crippen LogP contribution in [0.5, 0.6) is 0 Å². The minimum absolute atomic E-state index is 0.0921. The Hall–Kier alpha value is -2.10. The first-order valence-corrected chi connectivity index (χ1v) is 7.13. The minimum Gasteiger partial charge on any atom is -0.346 e. The Labute approximate surface area is 118 Å². The maximum absolute atomic E-state index is 12.0. The molecule has 2 atom stereocenters. The molecule has 0 saturated carbocycles. The summed E-state index contributed by atoms with van der Waals surface area (Å²) < 4.78 is 0. The molecule has 20 heavy (non-hydrogen) atoms. The lowest BCUT2D eigenvalue weighted by Gasteiger charge is -2.13. The van der Waals surface area contributed by atoms with Crippen molar-refractivity contribution in [3.8, 4) is 0 Å². The molecule has 0 saturated heterocycles. The molecule has 104 valence electrons. The number of nitrogens with zero attached hydrogens (tertiary/aromatic N) is 1. The van der Waals surface area contributed by atoms with Gasteiger partial charge in [-0.15, -0.1) is 0 Å². The number of carbonyl (C=O) groups excluding carboxylic acids is 1. The molecule has 1 aliphatic carbocycles. The number of H-pyrrole nitrogens is 1. The van der Waals surface area contributed by atoms with Crippen LogP contribution in [0.1, 0.15) is 38.1 Å². The number of aromatic nitrogens is 2. The van der Waals surface area contributed by atoms with Gasteiger partial charge in [0.05, 0.1) is 17.1 Å². The predicted molar refractivity (Wildman–Crippen MR) is 79.1 cm³/mol. The van der Waals surface area contributed by atoms with Crippen molar-refractivity contribution in [2.45, 2.75) is 32.2 Å². The van der Waals surface area contributed by atoms with E-state index in [0.29, 0.717) is 12.3 Å². The van der Waals surface area contributed by atoms with Gasteiger partial charge in [0.1, 0.15) is 5.82 Å². The first kappa shape index (κ1) is 12.9. The number of rotatable bonds is 4. The molecule has 0 fully saturated rings. The van der Waals surface area contributed by atoms with E-state index in [1.54, 1.807) is 0 Å². The summed E-state index contributed by atoms with van der Waals surface area (Å²) in [5.41, 5.74) is 1.93. The number of amides is 1. The van der Waals surface area contributed by atoms with E-state index in [0.717, 1.165) is 29.7 Å². The van der Waals surface area contributed by atoms with Gasteiger partial charge < -0.3 is 10.3 Å². The Morgan fingerprint density at radius 3 is 3.10 bits per heavy atom. The number of hydrogen-bond acceptors (Lipinski definition) is 2. The Kier molecular flexibility index (Phi) is 3.54. The van der Waals surface area contributed by atoms with E-state index in [1.165, 1.54) is 0 Å². The van der Waals surface area contributed by atoms with Gasteiger partial charge in [-0.25, -0.2) is 4.98 Å². The summed E-state index contributed by atoms with van der Waals surface area (Å²) in [4.78, 5) is 19.8. The van der Waals surface area contributed by atoms with Gasteiger partial charge in [0.25, 0.3) is 0 Å². The number of carbonyl (C=O) groups is 1. The zero-order chi connectivity index (χ0) is 13.9. The van der Waals surface area contributed by atoms with E-state index >= 15 is 0 Å². The van der Waals surface area contributed by atoms with Gasteiger partial charge in [0.15, 0.2) is 0 Å². The molecule has 1 amide bonds. The van der Waals surface area contributed by atoms with Crippen molar-refractivity contribution in [2.75, 3.05) is 0 Å². The maximum Gasteiger partial charge on any atom is 0.221 e. The molecule has 0 radical (unpaired) electrons. The number of imidazole rings is 1. The maximum atomic E-state index is 12.0. The molecule has 0 aliphatic heterocycles. The van der Waals surface area contributed by atoms with Crippen LogP contribution >= 0.6 is 0 Å². The van der Waals surface area contributed by atoms with Gasteiger partial charge in [0, 0.05) is 6.42 Å². The molecule has 1 aromatic heterocycles. The van der Waals surface area contributed by atoms with Crippen molar-refractivity contribution in [2.24, 2.45) is 5.92 Å². The minimum atomic E-state index is -0.0970. The number of allylic oxidation sites excluding steroid dienone is 2. The van der Waals surface area contributed by atoms with Crippen molar-refractivity contribution in [1.29, 1.82) is 0 Å². The van der Waals surface area contributed by atoms with Crippen LogP contribution in [0.2, 0.25) is 0 Å². The monoisotopic (exact) mass is 269 g/mol. The van der Waals surface area contributed by atoms with Gasteiger partial charge >= 0.3 is 0 Å². The van der Waals surface area contributed by atoms with Crippen molar-refractivity contribution >= 4 is 16.9 Å². The van der Waals surface area contributed by atoms with E-state index in [1.807, 2.05) is 31.2 Å². The number of hydrogen-bond donors (Lipinski definition) is 2. The average molecular weight is 269 g/mol.